The second kappa shape index (κ2) is 7.54. The van der Waals surface area contributed by atoms with Crippen LogP contribution in [-0.4, -0.2) is 46.2 Å². The van der Waals surface area contributed by atoms with Gasteiger partial charge in [-0.2, -0.15) is 0 Å². The van der Waals surface area contributed by atoms with Crippen LogP contribution in [0.5, 0.6) is 0 Å². The van der Waals surface area contributed by atoms with E-state index in [0.717, 1.165) is 11.8 Å². The number of rotatable bonds is 7. The van der Waals surface area contributed by atoms with Crippen LogP contribution in [0.15, 0.2) is 12.7 Å². The highest BCUT2D eigenvalue weighted by molar-refractivity contribution is 7.99. The van der Waals surface area contributed by atoms with Gasteiger partial charge in [0.15, 0.2) is 0 Å². The number of amides is 1. The molecular weight excluding hydrogens is 230 g/mol. The van der Waals surface area contributed by atoms with Crippen molar-refractivity contribution in [1.29, 1.82) is 0 Å². The van der Waals surface area contributed by atoms with Crippen molar-refractivity contribution in [3.05, 3.63) is 12.7 Å². The molecular formula is C10H19NO4S. The second-order valence-corrected chi connectivity index (χ2v) is 4.87. The standard InChI is InChI=1S/C10H19NO4S/c1-4-6-15-9(14)11-10(2,3)8(13)16-7-5-12/h4,8,12-13H,1,5-7H2,2-3H3,(H,11,14). The number of thioether (sulfide) groups is 1. The molecule has 0 saturated carbocycles. The lowest BCUT2D eigenvalue weighted by molar-refractivity contribution is 0.119. The van der Waals surface area contributed by atoms with Crippen LogP contribution in [-0.2, 0) is 4.74 Å². The Kier molecular flexibility index (Phi) is 7.20. The highest BCUT2D eigenvalue weighted by Gasteiger charge is 2.30. The van der Waals surface area contributed by atoms with Gasteiger partial charge in [-0.15, -0.1) is 11.8 Å². The fraction of sp³-hybridized carbons (Fsp3) is 0.700. The molecule has 6 heteroatoms. The zero-order valence-electron chi connectivity index (χ0n) is 9.60. The Hall–Kier alpha value is -0.720. The van der Waals surface area contributed by atoms with Crippen LogP contribution >= 0.6 is 11.8 Å². The summed E-state index contributed by atoms with van der Waals surface area (Å²) in [5.41, 5.74) is -1.63. The second-order valence-electron chi connectivity index (χ2n) is 3.68. The Morgan fingerprint density at radius 2 is 2.31 bits per heavy atom. The van der Waals surface area contributed by atoms with E-state index in [9.17, 15) is 9.90 Å². The van der Waals surface area contributed by atoms with Gasteiger partial charge in [0.1, 0.15) is 12.0 Å². The van der Waals surface area contributed by atoms with E-state index in [1.165, 1.54) is 6.08 Å². The molecule has 0 aromatic carbocycles. The first-order chi connectivity index (χ1) is 7.44. The van der Waals surface area contributed by atoms with E-state index in [1.54, 1.807) is 13.8 Å². The molecule has 0 spiro atoms. The maximum absolute atomic E-state index is 11.2. The van der Waals surface area contributed by atoms with Gasteiger partial charge in [-0.05, 0) is 13.8 Å². The van der Waals surface area contributed by atoms with Crippen molar-refractivity contribution in [2.45, 2.75) is 24.8 Å². The zero-order valence-corrected chi connectivity index (χ0v) is 10.4. The van der Waals surface area contributed by atoms with Gasteiger partial charge in [0.2, 0.25) is 0 Å². The van der Waals surface area contributed by atoms with Crippen LogP contribution in [0.1, 0.15) is 13.8 Å². The van der Waals surface area contributed by atoms with Crippen molar-refractivity contribution in [3.63, 3.8) is 0 Å². The summed E-state index contributed by atoms with van der Waals surface area (Å²) in [7, 11) is 0. The first kappa shape index (κ1) is 15.3. The largest absolute Gasteiger partial charge is 0.445 e. The fourth-order valence-corrected chi connectivity index (χ4v) is 1.67. The van der Waals surface area contributed by atoms with Crippen LogP contribution in [0.2, 0.25) is 0 Å². The zero-order chi connectivity index (χ0) is 12.6. The minimum atomic E-state index is -0.821. The summed E-state index contributed by atoms with van der Waals surface area (Å²) in [4.78, 5) is 11.2. The molecule has 1 atom stereocenters. The molecule has 0 bridgehead atoms. The third kappa shape index (κ3) is 5.99. The number of ether oxygens (including phenoxy) is 1. The van der Waals surface area contributed by atoms with E-state index in [-0.39, 0.29) is 13.2 Å². The van der Waals surface area contributed by atoms with Crippen LogP contribution in [0.4, 0.5) is 4.79 Å². The molecule has 5 nitrogen and oxygen atoms in total. The number of carbonyl (C=O) groups is 1. The number of aliphatic hydroxyl groups excluding tert-OH is 2. The normalized spacial score (nSPS) is 13.0. The summed E-state index contributed by atoms with van der Waals surface area (Å²) in [6.45, 7) is 6.89. The Balaban J connectivity index is 4.09. The first-order valence-electron chi connectivity index (χ1n) is 4.90. The van der Waals surface area contributed by atoms with Crippen LogP contribution in [0.3, 0.4) is 0 Å². The third-order valence-electron chi connectivity index (χ3n) is 1.74. The lowest BCUT2D eigenvalue weighted by Gasteiger charge is -2.30. The highest BCUT2D eigenvalue weighted by Crippen LogP contribution is 2.20. The van der Waals surface area contributed by atoms with Crippen LogP contribution in [0.25, 0.3) is 0 Å². The Bertz CT molecular complexity index is 233. The monoisotopic (exact) mass is 249 g/mol. The summed E-state index contributed by atoms with van der Waals surface area (Å²) in [6.07, 6.45) is 0.859. The molecule has 0 aromatic heterocycles. The molecule has 1 unspecified atom stereocenters. The number of hydrogen-bond donors (Lipinski definition) is 3. The first-order valence-corrected chi connectivity index (χ1v) is 5.95. The maximum atomic E-state index is 11.2. The van der Waals surface area contributed by atoms with E-state index in [4.69, 9.17) is 9.84 Å². The predicted molar refractivity (Wildman–Crippen MR) is 64.3 cm³/mol. The molecule has 1 amide bonds. The molecule has 0 saturated heterocycles. The minimum Gasteiger partial charge on any atom is -0.445 e. The van der Waals surface area contributed by atoms with Crippen molar-refractivity contribution in [1.82, 2.24) is 5.32 Å². The summed E-state index contributed by atoms with van der Waals surface area (Å²) in [6, 6.07) is 0. The van der Waals surface area contributed by atoms with Crippen LogP contribution < -0.4 is 5.32 Å². The predicted octanol–water partition coefficient (Wildman–Crippen LogP) is 0.721. The highest BCUT2D eigenvalue weighted by atomic mass is 32.2. The lowest BCUT2D eigenvalue weighted by atomic mass is 10.1. The molecule has 0 aliphatic rings. The Morgan fingerprint density at radius 3 is 2.81 bits per heavy atom. The molecule has 0 aliphatic carbocycles. The van der Waals surface area contributed by atoms with Gasteiger partial charge in [0, 0.05) is 5.75 Å². The van der Waals surface area contributed by atoms with Gasteiger partial charge < -0.3 is 20.3 Å². The molecule has 16 heavy (non-hydrogen) atoms. The molecule has 3 N–H and O–H groups in total. The lowest BCUT2D eigenvalue weighted by Crippen LogP contribution is -2.51. The molecule has 0 radical (unpaired) electrons. The quantitative estimate of drug-likeness (QED) is 0.458. The smallest absolute Gasteiger partial charge is 0.407 e. The van der Waals surface area contributed by atoms with Crippen LogP contribution in [0, 0.1) is 0 Å². The number of alkyl carbamates (subject to hydrolysis) is 1. The topological polar surface area (TPSA) is 78.8 Å². The summed E-state index contributed by atoms with van der Waals surface area (Å²) < 4.78 is 4.74. The Labute approximate surface area is 99.9 Å². The van der Waals surface area contributed by atoms with Gasteiger partial charge in [0.25, 0.3) is 0 Å². The summed E-state index contributed by atoms with van der Waals surface area (Å²) in [5.74, 6) is 0.411. The minimum absolute atomic E-state index is 0.0152. The maximum Gasteiger partial charge on any atom is 0.407 e. The molecule has 0 aromatic rings. The number of hydrogen-bond acceptors (Lipinski definition) is 5. The number of aliphatic hydroxyl groups is 2. The molecule has 0 aliphatic heterocycles. The van der Waals surface area contributed by atoms with Gasteiger partial charge in [-0.1, -0.05) is 12.7 Å². The molecule has 0 rings (SSSR count). The SMILES string of the molecule is C=CCOC(=O)NC(C)(C)C(O)SCCO. The van der Waals surface area contributed by atoms with Gasteiger partial charge in [0.05, 0.1) is 12.1 Å². The van der Waals surface area contributed by atoms with E-state index >= 15 is 0 Å². The summed E-state index contributed by atoms with van der Waals surface area (Å²) in [5, 5.41) is 20.9. The fourth-order valence-electron chi connectivity index (χ4n) is 0.868. The Morgan fingerprint density at radius 1 is 1.69 bits per heavy atom. The van der Waals surface area contributed by atoms with Crippen molar-refractivity contribution in [2.24, 2.45) is 0 Å². The van der Waals surface area contributed by atoms with E-state index in [1.807, 2.05) is 0 Å². The van der Waals surface area contributed by atoms with Gasteiger partial charge >= 0.3 is 6.09 Å². The average molecular weight is 249 g/mol. The van der Waals surface area contributed by atoms with Crippen molar-refractivity contribution >= 4 is 17.9 Å². The molecule has 0 heterocycles. The van der Waals surface area contributed by atoms with Gasteiger partial charge in [-0.3, -0.25) is 0 Å². The van der Waals surface area contributed by atoms with E-state index in [2.05, 4.69) is 11.9 Å². The van der Waals surface area contributed by atoms with E-state index < -0.39 is 17.1 Å². The van der Waals surface area contributed by atoms with Crippen molar-refractivity contribution in [3.8, 4) is 0 Å². The van der Waals surface area contributed by atoms with Crippen molar-refractivity contribution in [2.75, 3.05) is 19.0 Å². The number of carbonyl (C=O) groups excluding carboxylic acids is 1. The van der Waals surface area contributed by atoms with Crippen molar-refractivity contribution < 1.29 is 19.7 Å². The summed E-state index contributed by atoms with van der Waals surface area (Å²) >= 11 is 1.16. The van der Waals surface area contributed by atoms with Gasteiger partial charge in [-0.25, -0.2) is 4.79 Å². The molecule has 0 fully saturated rings. The third-order valence-corrected chi connectivity index (χ3v) is 3.06. The van der Waals surface area contributed by atoms with E-state index in [0.29, 0.717) is 5.75 Å². The average Bonchev–Trinajstić information content (AvgIpc) is 2.22. The number of nitrogens with one attached hydrogen (secondary N) is 1. The molecule has 94 valence electrons.